The summed E-state index contributed by atoms with van der Waals surface area (Å²) in [6.07, 6.45) is -9.08. The Morgan fingerprint density at radius 3 is 2.29 bits per heavy atom. The fourth-order valence-corrected chi connectivity index (χ4v) is 3.36. The number of halogens is 7. The Labute approximate surface area is 160 Å². The second-order valence-electron chi connectivity index (χ2n) is 6.24. The topological polar surface area (TPSA) is 32.3 Å². The number of hydrogen-bond donors (Lipinski definition) is 1. The molecule has 0 unspecified atom stereocenters. The molecule has 1 aliphatic rings. The Balaban J connectivity index is 1.75. The molecule has 3 rings (SSSR count). The van der Waals surface area contributed by atoms with E-state index in [-0.39, 0.29) is 30.8 Å². The van der Waals surface area contributed by atoms with E-state index in [0.29, 0.717) is 5.56 Å². The summed E-state index contributed by atoms with van der Waals surface area (Å²) in [5.74, 6) is 0. The molecule has 10 heteroatoms. The van der Waals surface area contributed by atoms with E-state index in [1.165, 1.54) is 17.0 Å². The zero-order chi connectivity index (χ0) is 20.7. The Kier molecular flexibility index (Phi) is 5.22. The quantitative estimate of drug-likeness (QED) is 0.564. The average Bonchev–Trinajstić information content (AvgIpc) is 2.58. The molecular formula is C18H13ClF6N2O. The van der Waals surface area contributed by atoms with Crippen LogP contribution < -0.4 is 5.32 Å². The summed E-state index contributed by atoms with van der Waals surface area (Å²) in [5.41, 5.74) is -1.17. The van der Waals surface area contributed by atoms with Crippen LogP contribution in [0, 0.1) is 0 Å². The van der Waals surface area contributed by atoms with Crippen LogP contribution in [0.25, 0.3) is 0 Å². The zero-order valence-corrected chi connectivity index (χ0v) is 14.8. The van der Waals surface area contributed by atoms with Gasteiger partial charge in [-0.05, 0) is 41.8 Å². The van der Waals surface area contributed by atoms with Gasteiger partial charge >= 0.3 is 18.4 Å². The highest BCUT2D eigenvalue weighted by Gasteiger charge is 2.36. The van der Waals surface area contributed by atoms with Gasteiger partial charge in [-0.15, -0.1) is 0 Å². The van der Waals surface area contributed by atoms with Gasteiger partial charge in [-0.3, -0.25) is 0 Å². The van der Waals surface area contributed by atoms with Crippen molar-refractivity contribution in [2.45, 2.75) is 25.3 Å². The Morgan fingerprint density at radius 1 is 1.00 bits per heavy atom. The number of carbonyl (C=O) groups excluding carboxylic acids is 1. The number of nitrogens with zero attached hydrogens (tertiary/aromatic N) is 1. The molecule has 0 saturated carbocycles. The van der Waals surface area contributed by atoms with Crippen molar-refractivity contribution in [3.8, 4) is 0 Å². The van der Waals surface area contributed by atoms with Gasteiger partial charge in [0.05, 0.1) is 16.1 Å². The largest absolute Gasteiger partial charge is 0.417 e. The van der Waals surface area contributed by atoms with Gasteiger partial charge in [0.15, 0.2) is 0 Å². The molecule has 1 aliphatic heterocycles. The van der Waals surface area contributed by atoms with Crippen molar-refractivity contribution in [1.29, 1.82) is 0 Å². The van der Waals surface area contributed by atoms with Crippen LogP contribution in [0.4, 0.5) is 36.8 Å². The Bertz CT molecular complexity index is 910. The predicted octanol–water partition coefficient (Wildman–Crippen LogP) is 5.97. The van der Waals surface area contributed by atoms with E-state index in [2.05, 4.69) is 5.32 Å². The first-order chi connectivity index (χ1) is 13.0. The third-order valence-electron chi connectivity index (χ3n) is 4.38. The van der Waals surface area contributed by atoms with E-state index >= 15 is 0 Å². The normalized spacial score (nSPS) is 14.6. The maximum atomic E-state index is 13.1. The minimum atomic E-state index is -4.62. The molecule has 0 aromatic heterocycles. The van der Waals surface area contributed by atoms with Crippen molar-refractivity contribution < 1.29 is 31.1 Å². The van der Waals surface area contributed by atoms with Crippen molar-refractivity contribution in [3.63, 3.8) is 0 Å². The molecule has 0 radical (unpaired) electrons. The summed E-state index contributed by atoms with van der Waals surface area (Å²) in [6.45, 7) is -0.000251. The first-order valence-electron chi connectivity index (χ1n) is 8.07. The zero-order valence-electron chi connectivity index (χ0n) is 14.1. The molecule has 2 aromatic rings. The lowest BCUT2D eigenvalue weighted by molar-refractivity contribution is -0.138. The smallest absolute Gasteiger partial charge is 0.320 e. The molecular weight excluding hydrogens is 410 g/mol. The highest BCUT2D eigenvalue weighted by Crippen LogP contribution is 2.37. The first-order valence-corrected chi connectivity index (χ1v) is 8.45. The van der Waals surface area contributed by atoms with Crippen molar-refractivity contribution in [2.24, 2.45) is 0 Å². The maximum Gasteiger partial charge on any atom is 0.417 e. The first kappa shape index (κ1) is 20.3. The monoisotopic (exact) mass is 422 g/mol. The number of anilines is 1. The van der Waals surface area contributed by atoms with E-state index in [9.17, 15) is 31.1 Å². The third-order valence-corrected chi connectivity index (χ3v) is 4.70. The minimum Gasteiger partial charge on any atom is -0.320 e. The van der Waals surface area contributed by atoms with E-state index in [4.69, 9.17) is 11.6 Å². The van der Waals surface area contributed by atoms with Crippen LogP contribution in [0.3, 0.4) is 0 Å². The van der Waals surface area contributed by atoms with Crippen LogP contribution in [-0.4, -0.2) is 17.5 Å². The number of alkyl halides is 6. The lowest BCUT2D eigenvalue weighted by Crippen LogP contribution is -2.39. The lowest BCUT2D eigenvalue weighted by atomic mass is 9.94. The molecule has 1 N–H and O–H groups in total. The third kappa shape index (κ3) is 4.19. The molecule has 2 aromatic carbocycles. The summed E-state index contributed by atoms with van der Waals surface area (Å²) in [4.78, 5) is 13.7. The number of amides is 2. The molecule has 2 amide bonds. The molecule has 1 heterocycles. The van der Waals surface area contributed by atoms with Crippen molar-refractivity contribution in [1.82, 2.24) is 4.90 Å². The average molecular weight is 423 g/mol. The molecule has 0 atom stereocenters. The summed E-state index contributed by atoms with van der Waals surface area (Å²) in [7, 11) is 0. The van der Waals surface area contributed by atoms with Crippen LogP contribution in [0.5, 0.6) is 0 Å². The number of carbonyl (C=O) groups is 1. The van der Waals surface area contributed by atoms with E-state index in [1.54, 1.807) is 0 Å². The number of urea groups is 1. The van der Waals surface area contributed by atoms with E-state index < -0.39 is 34.5 Å². The highest BCUT2D eigenvalue weighted by atomic mass is 35.5. The van der Waals surface area contributed by atoms with Gasteiger partial charge in [0, 0.05) is 18.8 Å². The fourth-order valence-electron chi connectivity index (χ4n) is 3.07. The van der Waals surface area contributed by atoms with Crippen molar-refractivity contribution >= 4 is 23.3 Å². The number of rotatable bonds is 1. The Hall–Kier alpha value is -2.42. The van der Waals surface area contributed by atoms with Gasteiger partial charge in [-0.2, -0.15) is 26.3 Å². The van der Waals surface area contributed by atoms with Crippen LogP contribution >= 0.6 is 11.6 Å². The summed E-state index contributed by atoms with van der Waals surface area (Å²) < 4.78 is 77.5. The molecule has 0 spiro atoms. The van der Waals surface area contributed by atoms with Gasteiger partial charge in [-0.1, -0.05) is 23.7 Å². The van der Waals surface area contributed by atoms with Crippen LogP contribution in [0.2, 0.25) is 5.02 Å². The number of benzene rings is 2. The second-order valence-corrected chi connectivity index (χ2v) is 6.64. The van der Waals surface area contributed by atoms with Crippen molar-refractivity contribution in [2.75, 3.05) is 11.9 Å². The van der Waals surface area contributed by atoms with Gasteiger partial charge in [0.25, 0.3) is 0 Å². The number of hydrogen-bond acceptors (Lipinski definition) is 1. The SMILES string of the molecule is O=C(Nc1ccc(C(F)(F)F)c(Cl)c1)N1CCc2c(cccc2C(F)(F)F)C1. The molecule has 0 saturated heterocycles. The van der Waals surface area contributed by atoms with Gasteiger partial charge in [-0.25, -0.2) is 4.79 Å². The van der Waals surface area contributed by atoms with Crippen LogP contribution in [-0.2, 0) is 25.3 Å². The highest BCUT2D eigenvalue weighted by molar-refractivity contribution is 6.31. The molecule has 3 nitrogen and oxygen atoms in total. The van der Waals surface area contributed by atoms with Gasteiger partial charge < -0.3 is 10.2 Å². The second kappa shape index (κ2) is 7.20. The summed E-state index contributed by atoms with van der Waals surface area (Å²) in [6, 6.07) is 5.93. The molecule has 0 bridgehead atoms. The molecule has 150 valence electrons. The van der Waals surface area contributed by atoms with Gasteiger partial charge in [0.2, 0.25) is 0 Å². The van der Waals surface area contributed by atoms with E-state index in [0.717, 1.165) is 24.3 Å². The maximum absolute atomic E-state index is 13.1. The minimum absolute atomic E-state index is 0.0200. The summed E-state index contributed by atoms with van der Waals surface area (Å²) >= 11 is 5.62. The molecule has 0 aliphatic carbocycles. The molecule has 0 fully saturated rings. The van der Waals surface area contributed by atoms with Crippen LogP contribution in [0.15, 0.2) is 36.4 Å². The van der Waals surface area contributed by atoms with Crippen LogP contribution in [0.1, 0.15) is 22.3 Å². The number of fused-ring (bicyclic) bond motifs is 1. The number of nitrogens with one attached hydrogen (secondary N) is 1. The summed E-state index contributed by atoms with van der Waals surface area (Å²) in [5, 5.41) is 1.85. The predicted molar refractivity (Wildman–Crippen MR) is 91.0 cm³/mol. The lowest BCUT2D eigenvalue weighted by Gasteiger charge is -2.30. The fraction of sp³-hybridized carbons (Fsp3) is 0.278. The standard InChI is InChI=1S/C18H13ClF6N2O/c19-15-8-11(4-5-14(15)18(23,24)25)26-16(28)27-7-6-12-10(9-27)2-1-3-13(12)17(20,21)22/h1-5,8H,6-7,9H2,(H,26,28). The van der Waals surface area contributed by atoms with Gasteiger partial charge in [0.1, 0.15) is 0 Å². The van der Waals surface area contributed by atoms with E-state index in [1.807, 2.05) is 0 Å². The van der Waals surface area contributed by atoms with Crippen molar-refractivity contribution in [3.05, 3.63) is 63.7 Å². The molecule has 28 heavy (non-hydrogen) atoms. The Morgan fingerprint density at radius 2 is 1.68 bits per heavy atom.